The standard InChI is InChI=1S/C24H40O6/c1-12(4-7-19(27)28)14-5-6-15-20-16(11-18(26)24(14,15)3)23(2)9-8-13(25)10-17(23)21(29)22(20)30/h12-18,20-22,25-26,29-30H,4-11H2,1-3H3,(H,27,28)/t12?,13-,14-,15+,16+,17+,18-,20+,21-,22+,23-,24-/m1/s1. The first-order valence-electron chi connectivity index (χ1n) is 12.0. The molecule has 0 amide bonds. The van der Waals surface area contributed by atoms with Crippen LogP contribution in [0.15, 0.2) is 0 Å². The fraction of sp³-hybridized carbons (Fsp3) is 0.958. The van der Waals surface area contributed by atoms with Crippen molar-refractivity contribution < 1.29 is 30.3 Å². The Labute approximate surface area is 179 Å². The van der Waals surface area contributed by atoms with E-state index in [0.717, 1.165) is 19.3 Å². The van der Waals surface area contributed by atoms with Crippen LogP contribution in [-0.4, -0.2) is 55.9 Å². The van der Waals surface area contributed by atoms with Crippen LogP contribution in [-0.2, 0) is 4.79 Å². The highest BCUT2D eigenvalue weighted by Gasteiger charge is 2.67. The van der Waals surface area contributed by atoms with Crippen LogP contribution < -0.4 is 0 Å². The molecule has 6 heteroatoms. The molecule has 0 heterocycles. The van der Waals surface area contributed by atoms with Crippen LogP contribution in [0.5, 0.6) is 0 Å². The minimum Gasteiger partial charge on any atom is -0.481 e. The van der Waals surface area contributed by atoms with E-state index in [-0.39, 0.29) is 52.8 Å². The van der Waals surface area contributed by atoms with Crippen LogP contribution in [0.2, 0.25) is 0 Å². The maximum absolute atomic E-state index is 11.5. The molecule has 30 heavy (non-hydrogen) atoms. The molecule has 12 atom stereocenters. The van der Waals surface area contributed by atoms with Crippen molar-refractivity contribution in [3.8, 4) is 0 Å². The zero-order valence-electron chi connectivity index (χ0n) is 18.6. The van der Waals surface area contributed by atoms with E-state index in [0.29, 0.717) is 25.7 Å². The van der Waals surface area contributed by atoms with Crippen LogP contribution in [0.1, 0.15) is 72.1 Å². The van der Waals surface area contributed by atoms with Gasteiger partial charge in [0.05, 0.1) is 24.4 Å². The van der Waals surface area contributed by atoms with E-state index >= 15 is 0 Å². The largest absolute Gasteiger partial charge is 0.481 e. The molecule has 0 aromatic carbocycles. The Bertz CT molecular complexity index is 668. The Morgan fingerprint density at radius 3 is 2.33 bits per heavy atom. The normalized spacial score (nSPS) is 54.0. The predicted molar refractivity (Wildman–Crippen MR) is 111 cm³/mol. The lowest BCUT2D eigenvalue weighted by atomic mass is 9.42. The first-order valence-corrected chi connectivity index (χ1v) is 12.0. The van der Waals surface area contributed by atoms with Crippen molar-refractivity contribution >= 4 is 5.97 Å². The summed E-state index contributed by atoms with van der Waals surface area (Å²) in [7, 11) is 0. The molecule has 1 unspecified atom stereocenters. The van der Waals surface area contributed by atoms with Crippen molar-refractivity contribution in [3.05, 3.63) is 0 Å². The van der Waals surface area contributed by atoms with Crippen LogP contribution >= 0.6 is 0 Å². The van der Waals surface area contributed by atoms with E-state index in [1.807, 2.05) is 0 Å². The number of carbonyl (C=O) groups is 1. The molecule has 0 radical (unpaired) electrons. The number of carboxylic acid groups (broad SMARTS) is 1. The molecule has 4 aliphatic carbocycles. The number of fused-ring (bicyclic) bond motifs is 5. The molecule has 0 saturated heterocycles. The highest BCUT2D eigenvalue weighted by molar-refractivity contribution is 5.66. The number of aliphatic carboxylic acids is 1. The van der Waals surface area contributed by atoms with Gasteiger partial charge in [0.1, 0.15) is 0 Å². The molecule has 4 saturated carbocycles. The molecule has 0 spiro atoms. The van der Waals surface area contributed by atoms with Crippen molar-refractivity contribution in [2.75, 3.05) is 0 Å². The van der Waals surface area contributed by atoms with Crippen molar-refractivity contribution in [1.29, 1.82) is 0 Å². The molecule has 0 aromatic heterocycles. The van der Waals surface area contributed by atoms with Gasteiger partial charge in [0.15, 0.2) is 0 Å². The maximum atomic E-state index is 11.5. The first kappa shape index (κ1) is 22.5. The average molecular weight is 425 g/mol. The summed E-state index contributed by atoms with van der Waals surface area (Å²) < 4.78 is 0. The zero-order chi connectivity index (χ0) is 22.0. The lowest BCUT2D eigenvalue weighted by molar-refractivity contribution is -0.243. The third-order valence-electron chi connectivity index (χ3n) is 10.4. The van der Waals surface area contributed by atoms with Crippen molar-refractivity contribution in [3.63, 3.8) is 0 Å². The lowest BCUT2D eigenvalue weighted by Gasteiger charge is -2.64. The van der Waals surface area contributed by atoms with Gasteiger partial charge in [-0.2, -0.15) is 0 Å². The second kappa shape index (κ2) is 7.72. The molecule has 6 nitrogen and oxygen atoms in total. The van der Waals surface area contributed by atoms with Gasteiger partial charge in [0.2, 0.25) is 0 Å². The van der Waals surface area contributed by atoms with E-state index in [1.165, 1.54) is 0 Å². The predicted octanol–water partition coefficient (Wildman–Crippen LogP) is 2.42. The van der Waals surface area contributed by atoms with E-state index in [4.69, 9.17) is 5.11 Å². The molecule has 4 fully saturated rings. The smallest absolute Gasteiger partial charge is 0.303 e. The van der Waals surface area contributed by atoms with Gasteiger partial charge in [-0.15, -0.1) is 0 Å². The van der Waals surface area contributed by atoms with Crippen molar-refractivity contribution in [2.45, 2.75) is 96.6 Å². The van der Waals surface area contributed by atoms with Gasteiger partial charge in [-0.05, 0) is 91.3 Å². The van der Waals surface area contributed by atoms with Crippen molar-refractivity contribution in [2.24, 2.45) is 46.3 Å². The number of carboxylic acids is 1. The summed E-state index contributed by atoms with van der Waals surface area (Å²) in [4.78, 5) is 11.1. The van der Waals surface area contributed by atoms with Gasteiger partial charge >= 0.3 is 5.97 Å². The van der Waals surface area contributed by atoms with Crippen LogP contribution in [0.25, 0.3) is 0 Å². The summed E-state index contributed by atoms with van der Waals surface area (Å²) in [6.45, 7) is 6.45. The Morgan fingerprint density at radius 2 is 1.67 bits per heavy atom. The van der Waals surface area contributed by atoms with Crippen molar-refractivity contribution in [1.82, 2.24) is 0 Å². The van der Waals surface area contributed by atoms with Gasteiger partial charge in [0.25, 0.3) is 0 Å². The molecule has 5 N–H and O–H groups in total. The summed E-state index contributed by atoms with van der Waals surface area (Å²) in [5, 5.41) is 53.1. The molecular weight excluding hydrogens is 384 g/mol. The number of hydrogen-bond donors (Lipinski definition) is 5. The van der Waals surface area contributed by atoms with E-state index in [1.54, 1.807) is 0 Å². The van der Waals surface area contributed by atoms with Crippen LogP contribution in [0.4, 0.5) is 0 Å². The Hall–Kier alpha value is -0.690. The second-order valence-electron chi connectivity index (χ2n) is 11.5. The Kier molecular flexibility index (Phi) is 5.79. The summed E-state index contributed by atoms with van der Waals surface area (Å²) in [5.74, 6) is -0.299. The van der Waals surface area contributed by atoms with Crippen LogP contribution in [0, 0.1) is 46.3 Å². The topological polar surface area (TPSA) is 118 Å². The summed E-state index contributed by atoms with van der Waals surface area (Å²) in [6.07, 6.45) is 2.67. The van der Waals surface area contributed by atoms with Gasteiger partial charge < -0.3 is 25.5 Å². The molecule has 0 aliphatic heterocycles. The number of rotatable bonds is 4. The fourth-order valence-corrected chi connectivity index (χ4v) is 8.72. The summed E-state index contributed by atoms with van der Waals surface area (Å²) >= 11 is 0. The number of hydrogen-bond acceptors (Lipinski definition) is 5. The Morgan fingerprint density at radius 1 is 0.967 bits per heavy atom. The molecule has 0 bridgehead atoms. The SMILES string of the molecule is CC(CCC(=O)O)[C@H]1CC[C@H]2[C@@H]3[C@H](O)[C@H](O)[C@@H]4C[C@H](O)CC[C@]4(C)[C@H]3C[C@@H](O)[C@]12C. The number of aliphatic hydroxyl groups excluding tert-OH is 4. The monoisotopic (exact) mass is 424 g/mol. The van der Waals surface area contributed by atoms with Gasteiger partial charge in [-0.3, -0.25) is 4.79 Å². The molecule has 172 valence electrons. The van der Waals surface area contributed by atoms with Gasteiger partial charge in [-0.25, -0.2) is 0 Å². The highest BCUT2D eigenvalue weighted by atomic mass is 16.4. The molecule has 0 aromatic rings. The van der Waals surface area contributed by atoms with E-state index in [9.17, 15) is 25.2 Å². The first-order chi connectivity index (χ1) is 14.0. The summed E-state index contributed by atoms with van der Waals surface area (Å²) in [6, 6.07) is 0. The van der Waals surface area contributed by atoms with Gasteiger partial charge in [-0.1, -0.05) is 20.8 Å². The number of aliphatic hydroxyl groups is 4. The third-order valence-corrected chi connectivity index (χ3v) is 10.4. The maximum Gasteiger partial charge on any atom is 0.303 e. The van der Waals surface area contributed by atoms with E-state index < -0.39 is 30.4 Å². The highest BCUT2D eigenvalue weighted by Crippen LogP contribution is 2.68. The molecule has 4 aliphatic rings. The minimum absolute atomic E-state index is 0.0541. The summed E-state index contributed by atoms with van der Waals surface area (Å²) in [5.41, 5.74) is -0.547. The molecular formula is C24H40O6. The van der Waals surface area contributed by atoms with Crippen LogP contribution in [0.3, 0.4) is 0 Å². The van der Waals surface area contributed by atoms with E-state index in [2.05, 4.69) is 20.8 Å². The average Bonchev–Trinajstić information content (AvgIpc) is 3.05. The fourth-order valence-electron chi connectivity index (χ4n) is 8.72. The zero-order valence-corrected chi connectivity index (χ0v) is 18.6. The lowest BCUT2D eigenvalue weighted by Crippen LogP contribution is -2.66. The second-order valence-corrected chi connectivity index (χ2v) is 11.5. The quantitative estimate of drug-likeness (QED) is 0.473. The van der Waals surface area contributed by atoms with Gasteiger partial charge in [0, 0.05) is 6.42 Å². The third kappa shape index (κ3) is 3.16. The minimum atomic E-state index is -0.839. The molecule has 4 rings (SSSR count). The Balaban J connectivity index is 1.64.